The average molecular weight is 323 g/mol. The largest absolute Gasteiger partial charge is 0.396 e. The Morgan fingerprint density at radius 2 is 2.11 bits per heavy atom. The molecule has 0 aliphatic carbocycles. The fourth-order valence-electron chi connectivity index (χ4n) is 2.16. The molecule has 3 nitrogen and oxygen atoms in total. The van der Waals surface area contributed by atoms with Gasteiger partial charge in [0.15, 0.2) is 0 Å². The molecule has 1 atom stereocenters. The molecule has 0 amide bonds. The van der Waals surface area contributed by atoms with E-state index in [1.807, 2.05) is 12.3 Å². The Kier molecular flexibility index (Phi) is 4.42. The van der Waals surface area contributed by atoms with Crippen LogP contribution < -0.4 is 0 Å². The summed E-state index contributed by atoms with van der Waals surface area (Å²) in [5.74, 6) is 1.26. The predicted molar refractivity (Wildman–Crippen MR) is 81.1 cm³/mol. The molecule has 0 bridgehead atoms. The lowest BCUT2D eigenvalue weighted by atomic mass is 9.96. The summed E-state index contributed by atoms with van der Waals surface area (Å²) in [7, 11) is 0. The first-order valence-electron chi connectivity index (χ1n) is 6.45. The quantitative estimate of drug-likeness (QED) is 0.897. The summed E-state index contributed by atoms with van der Waals surface area (Å²) in [6.45, 7) is 6.37. The number of hydrogen-bond acceptors (Lipinski definition) is 2. The molecule has 1 aromatic carbocycles. The van der Waals surface area contributed by atoms with E-state index in [9.17, 15) is 5.11 Å². The van der Waals surface area contributed by atoms with E-state index >= 15 is 0 Å². The second kappa shape index (κ2) is 5.88. The Balaban J connectivity index is 2.38. The van der Waals surface area contributed by atoms with E-state index in [2.05, 4.69) is 58.8 Å². The van der Waals surface area contributed by atoms with Gasteiger partial charge in [-0.15, -0.1) is 0 Å². The molecule has 102 valence electrons. The standard InChI is InChI=1S/C15H19BrN2O/c1-9(2)13(8-19)15-17-7-14(18-15)12-6-11(16)5-4-10(12)3/h4-7,9,13,19H,8H2,1-3H3,(H,17,18). The van der Waals surface area contributed by atoms with E-state index in [0.717, 1.165) is 21.6 Å². The van der Waals surface area contributed by atoms with Crippen molar-refractivity contribution in [1.82, 2.24) is 9.97 Å². The molecule has 1 unspecified atom stereocenters. The number of aliphatic hydroxyl groups excluding tert-OH is 1. The number of hydrogen-bond donors (Lipinski definition) is 2. The fourth-order valence-corrected chi connectivity index (χ4v) is 2.52. The van der Waals surface area contributed by atoms with E-state index in [1.54, 1.807) is 0 Å². The summed E-state index contributed by atoms with van der Waals surface area (Å²) in [6, 6.07) is 6.18. The van der Waals surface area contributed by atoms with E-state index in [1.165, 1.54) is 5.56 Å². The lowest BCUT2D eigenvalue weighted by Crippen LogP contribution is -2.12. The highest BCUT2D eigenvalue weighted by Gasteiger charge is 2.18. The van der Waals surface area contributed by atoms with Crippen LogP contribution in [0.3, 0.4) is 0 Å². The lowest BCUT2D eigenvalue weighted by molar-refractivity contribution is 0.232. The number of aromatic amines is 1. The lowest BCUT2D eigenvalue weighted by Gasteiger charge is -2.15. The number of benzene rings is 1. The zero-order valence-electron chi connectivity index (χ0n) is 11.4. The van der Waals surface area contributed by atoms with Gasteiger partial charge in [-0.1, -0.05) is 35.8 Å². The van der Waals surface area contributed by atoms with Crippen LogP contribution in [-0.4, -0.2) is 21.7 Å². The first kappa shape index (κ1) is 14.3. The molecule has 0 saturated heterocycles. The average Bonchev–Trinajstić information content (AvgIpc) is 2.82. The maximum atomic E-state index is 9.46. The Bertz CT molecular complexity index is 563. The monoisotopic (exact) mass is 322 g/mol. The van der Waals surface area contributed by atoms with Crippen molar-refractivity contribution in [3.63, 3.8) is 0 Å². The molecule has 0 aliphatic heterocycles. The normalized spacial score (nSPS) is 12.9. The second-order valence-corrected chi connectivity index (χ2v) is 6.09. The minimum absolute atomic E-state index is 0.0567. The van der Waals surface area contributed by atoms with Crippen molar-refractivity contribution in [3.05, 3.63) is 40.3 Å². The van der Waals surface area contributed by atoms with Gasteiger partial charge in [-0.05, 0) is 30.5 Å². The van der Waals surface area contributed by atoms with E-state index in [4.69, 9.17) is 0 Å². The van der Waals surface area contributed by atoms with Crippen molar-refractivity contribution < 1.29 is 5.11 Å². The van der Waals surface area contributed by atoms with Gasteiger partial charge in [-0.25, -0.2) is 4.98 Å². The second-order valence-electron chi connectivity index (χ2n) is 5.17. The van der Waals surface area contributed by atoms with Crippen LogP contribution in [0, 0.1) is 12.8 Å². The third-order valence-electron chi connectivity index (χ3n) is 3.44. The molecular formula is C15H19BrN2O. The van der Waals surface area contributed by atoms with Crippen molar-refractivity contribution in [1.29, 1.82) is 0 Å². The zero-order chi connectivity index (χ0) is 14.0. The van der Waals surface area contributed by atoms with Crippen molar-refractivity contribution in [2.24, 2.45) is 5.92 Å². The van der Waals surface area contributed by atoms with Crippen LogP contribution >= 0.6 is 15.9 Å². The summed E-state index contributed by atoms with van der Waals surface area (Å²) >= 11 is 3.49. The van der Waals surface area contributed by atoms with Gasteiger partial charge in [-0.3, -0.25) is 0 Å². The van der Waals surface area contributed by atoms with Crippen molar-refractivity contribution in [3.8, 4) is 11.3 Å². The highest BCUT2D eigenvalue weighted by molar-refractivity contribution is 9.10. The molecule has 1 aromatic heterocycles. The number of nitrogens with one attached hydrogen (secondary N) is 1. The Labute approximate surface area is 122 Å². The zero-order valence-corrected chi connectivity index (χ0v) is 13.0. The van der Waals surface area contributed by atoms with Crippen molar-refractivity contribution in [2.45, 2.75) is 26.7 Å². The molecular weight excluding hydrogens is 304 g/mol. The van der Waals surface area contributed by atoms with Crippen LogP contribution in [0.4, 0.5) is 0 Å². The van der Waals surface area contributed by atoms with Gasteiger partial charge in [0, 0.05) is 16.0 Å². The number of aliphatic hydroxyl groups is 1. The summed E-state index contributed by atoms with van der Waals surface area (Å²) in [6.07, 6.45) is 1.84. The number of aryl methyl sites for hydroxylation is 1. The van der Waals surface area contributed by atoms with Crippen LogP contribution in [0.15, 0.2) is 28.9 Å². The molecule has 2 rings (SSSR count). The van der Waals surface area contributed by atoms with Crippen LogP contribution in [-0.2, 0) is 0 Å². The maximum absolute atomic E-state index is 9.46. The maximum Gasteiger partial charge on any atom is 0.112 e. The van der Waals surface area contributed by atoms with Gasteiger partial charge in [0.25, 0.3) is 0 Å². The molecule has 1 heterocycles. The fraction of sp³-hybridized carbons (Fsp3) is 0.400. The van der Waals surface area contributed by atoms with Crippen LogP contribution in [0.5, 0.6) is 0 Å². The summed E-state index contributed by atoms with van der Waals surface area (Å²) in [5.41, 5.74) is 3.32. The summed E-state index contributed by atoms with van der Waals surface area (Å²) in [5, 5.41) is 9.46. The van der Waals surface area contributed by atoms with E-state index < -0.39 is 0 Å². The number of H-pyrrole nitrogens is 1. The number of nitrogens with zero attached hydrogens (tertiary/aromatic N) is 1. The van der Waals surface area contributed by atoms with Gasteiger partial charge in [0.2, 0.25) is 0 Å². The van der Waals surface area contributed by atoms with Gasteiger partial charge in [0.1, 0.15) is 5.82 Å². The molecule has 0 spiro atoms. The topological polar surface area (TPSA) is 48.9 Å². The van der Waals surface area contributed by atoms with Gasteiger partial charge in [-0.2, -0.15) is 0 Å². The number of imidazole rings is 1. The number of rotatable bonds is 4. The van der Waals surface area contributed by atoms with Crippen LogP contribution in [0.25, 0.3) is 11.3 Å². The number of halogens is 1. The first-order valence-corrected chi connectivity index (χ1v) is 7.24. The minimum atomic E-state index is 0.0567. The van der Waals surface area contributed by atoms with Crippen molar-refractivity contribution in [2.75, 3.05) is 6.61 Å². The minimum Gasteiger partial charge on any atom is -0.396 e. The highest BCUT2D eigenvalue weighted by Crippen LogP contribution is 2.28. The third-order valence-corrected chi connectivity index (χ3v) is 3.93. The molecule has 19 heavy (non-hydrogen) atoms. The van der Waals surface area contributed by atoms with E-state index in [0.29, 0.717) is 5.92 Å². The SMILES string of the molecule is Cc1ccc(Br)cc1-c1cnc(C(CO)C(C)C)[nH]1. The molecule has 0 radical (unpaired) electrons. The highest BCUT2D eigenvalue weighted by atomic mass is 79.9. The third kappa shape index (κ3) is 3.07. The van der Waals surface area contributed by atoms with Gasteiger partial charge >= 0.3 is 0 Å². The summed E-state index contributed by atoms with van der Waals surface area (Å²) in [4.78, 5) is 7.76. The molecule has 4 heteroatoms. The van der Waals surface area contributed by atoms with Crippen LogP contribution in [0.2, 0.25) is 0 Å². The summed E-state index contributed by atoms with van der Waals surface area (Å²) < 4.78 is 1.05. The predicted octanol–water partition coefficient (Wildman–Crippen LogP) is 3.88. The number of aromatic nitrogens is 2. The first-order chi connectivity index (χ1) is 9.02. The Morgan fingerprint density at radius 3 is 2.74 bits per heavy atom. The molecule has 0 aliphatic rings. The van der Waals surface area contributed by atoms with E-state index in [-0.39, 0.29) is 12.5 Å². The molecule has 2 N–H and O–H groups in total. The van der Waals surface area contributed by atoms with Gasteiger partial charge < -0.3 is 10.1 Å². The Morgan fingerprint density at radius 1 is 1.37 bits per heavy atom. The van der Waals surface area contributed by atoms with Crippen molar-refractivity contribution >= 4 is 15.9 Å². The van der Waals surface area contributed by atoms with Gasteiger partial charge in [0.05, 0.1) is 18.5 Å². The Hall–Kier alpha value is -1.13. The molecule has 2 aromatic rings. The molecule has 0 saturated carbocycles. The smallest absolute Gasteiger partial charge is 0.112 e. The molecule has 0 fully saturated rings. The van der Waals surface area contributed by atoms with Crippen LogP contribution in [0.1, 0.15) is 31.2 Å².